The number of sulfonamides is 1. The van der Waals surface area contributed by atoms with E-state index in [-0.39, 0.29) is 22.8 Å². The molecule has 1 amide bonds. The molecule has 6 nitrogen and oxygen atoms in total. The standard InChI is InChI=1S/C24H32N2O4S/c1-17-11-13-18(14-12-17)31(28,29)26-15-21(30-20-10-8-7-9-19(20)26)22(27)25-24(5,6)16-23(2,3)4/h7-14,21H,15-16H2,1-6H3,(H,25,27). The Hall–Kier alpha value is -2.54. The van der Waals surface area contributed by atoms with E-state index in [1.165, 1.54) is 4.31 Å². The van der Waals surface area contributed by atoms with E-state index in [2.05, 4.69) is 26.1 Å². The maximum Gasteiger partial charge on any atom is 0.264 e. The van der Waals surface area contributed by atoms with E-state index in [9.17, 15) is 13.2 Å². The average Bonchev–Trinajstić information content (AvgIpc) is 2.65. The number of anilines is 1. The van der Waals surface area contributed by atoms with Crippen LogP contribution in [0.2, 0.25) is 0 Å². The first-order chi connectivity index (χ1) is 14.3. The molecule has 0 radical (unpaired) electrons. The van der Waals surface area contributed by atoms with Crippen LogP contribution in [-0.2, 0) is 14.8 Å². The normalized spacial score (nSPS) is 17.0. The zero-order valence-corrected chi connectivity index (χ0v) is 19.9. The first-order valence-corrected chi connectivity index (χ1v) is 11.9. The number of nitrogens with zero attached hydrogens (tertiary/aromatic N) is 1. The first-order valence-electron chi connectivity index (χ1n) is 10.5. The van der Waals surface area contributed by atoms with Crippen LogP contribution in [0.25, 0.3) is 0 Å². The highest BCUT2D eigenvalue weighted by Gasteiger charge is 2.39. The van der Waals surface area contributed by atoms with Crippen LogP contribution < -0.4 is 14.4 Å². The summed E-state index contributed by atoms with van der Waals surface area (Å²) in [6.07, 6.45) is -0.185. The van der Waals surface area contributed by atoms with Crippen LogP contribution in [0.3, 0.4) is 0 Å². The number of rotatable bonds is 5. The number of fused-ring (bicyclic) bond motifs is 1. The highest BCUT2D eigenvalue weighted by atomic mass is 32.2. The van der Waals surface area contributed by atoms with Crippen LogP contribution in [-0.4, -0.2) is 32.5 Å². The topological polar surface area (TPSA) is 75.7 Å². The largest absolute Gasteiger partial charge is 0.476 e. The Balaban J connectivity index is 1.91. The van der Waals surface area contributed by atoms with Crippen LogP contribution in [0.15, 0.2) is 53.4 Å². The lowest BCUT2D eigenvalue weighted by atomic mass is 9.81. The Morgan fingerprint density at radius 3 is 2.29 bits per heavy atom. The molecule has 7 heteroatoms. The molecular weight excluding hydrogens is 412 g/mol. The van der Waals surface area contributed by atoms with Gasteiger partial charge in [-0.05, 0) is 56.9 Å². The van der Waals surface area contributed by atoms with Gasteiger partial charge in [0.25, 0.3) is 15.9 Å². The molecule has 168 valence electrons. The van der Waals surface area contributed by atoms with E-state index in [1.54, 1.807) is 48.5 Å². The minimum Gasteiger partial charge on any atom is -0.476 e. The molecule has 1 atom stereocenters. The molecule has 1 N–H and O–H groups in total. The third-order valence-electron chi connectivity index (χ3n) is 5.07. The van der Waals surface area contributed by atoms with Crippen LogP contribution in [0, 0.1) is 12.3 Å². The minimum atomic E-state index is -3.86. The van der Waals surface area contributed by atoms with E-state index < -0.39 is 21.7 Å². The van der Waals surface area contributed by atoms with E-state index in [0.717, 1.165) is 12.0 Å². The molecule has 3 rings (SSSR count). The van der Waals surface area contributed by atoms with Gasteiger partial charge in [-0.2, -0.15) is 0 Å². The summed E-state index contributed by atoms with van der Waals surface area (Å²) in [6.45, 7) is 12.1. The molecule has 0 saturated carbocycles. The molecule has 0 saturated heterocycles. The number of nitrogens with one attached hydrogen (secondary N) is 1. The molecular formula is C24H32N2O4S. The van der Waals surface area contributed by atoms with E-state index >= 15 is 0 Å². The number of hydrogen-bond acceptors (Lipinski definition) is 4. The molecule has 2 aromatic carbocycles. The summed E-state index contributed by atoms with van der Waals surface area (Å²) in [5.74, 6) is 0.0473. The lowest BCUT2D eigenvalue weighted by Crippen LogP contribution is -2.55. The van der Waals surface area contributed by atoms with Crippen LogP contribution in [0.5, 0.6) is 5.75 Å². The molecule has 0 aliphatic carbocycles. The Morgan fingerprint density at radius 2 is 1.68 bits per heavy atom. The number of para-hydroxylation sites is 2. The highest BCUT2D eigenvalue weighted by molar-refractivity contribution is 7.92. The molecule has 31 heavy (non-hydrogen) atoms. The second kappa shape index (κ2) is 8.19. The summed E-state index contributed by atoms with van der Waals surface area (Å²) in [7, 11) is -3.86. The summed E-state index contributed by atoms with van der Waals surface area (Å²) in [4.78, 5) is 13.3. The molecule has 1 heterocycles. The predicted octanol–water partition coefficient (Wildman–Crippen LogP) is 4.28. The van der Waals surface area contributed by atoms with Gasteiger partial charge in [0, 0.05) is 5.54 Å². The SMILES string of the molecule is Cc1ccc(S(=O)(=O)N2CC(C(=O)NC(C)(C)CC(C)(C)C)Oc3ccccc32)cc1. The molecule has 1 aliphatic rings. The number of ether oxygens (including phenoxy) is 1. The highest BCUT2D eigenvalue weighted by Crippen LogP contribution is 2.37. The van der Waals surface area contributed by atoms with Crippen molar-refractivity contribution in [1.82, 2.24) is 5.32 Å². The zero-order valence-electron chi connectivity index (χ0n) is 19.1. The maximum absolute atomic E-state index is 13.4. The van der Waals surface area contributed by atoms with Crippen LogP contribution in [0.4, 0.5) is 5.69 Å². The fraction of sp³-hybridized carbons (Fsp3) is 0.458. The van der Waals surface area contributed by atoms with Gasteiger partial charge in [-0.15, -0.1) is 0 Å². The Labute approximate surface area is 185 Å². The van der Waals surface area contributed by atoms with Crippen molar-refractivity contribution in [2.24, 2.45) is 5.41 Å². The quantitative estimate of drug-likeness (QED) is 0.747. The maximum atomic E-state index is 13.4. The van der Waals surface area contributed by atoms with Gasteiger partial charge in [0.05, 0.1) is 17.1 Å². The monoisotopic (exact) mass is 444 g/mol. The van der Waals surface area contributed by atoms with Gasteiger partial charge in [0.2, 0.25) is 0 Å². The molecule has 0 bridgehead atoms. The minimum absolute atomic E-state index is 0.0254. The number of hydrogen-bond donors (Lipinski definition) is 1. The first kappa shape index (κ1) is 23.1. The Morgan fingerprint density at radius 1 is 1.06 bits per heavy atom. The fourth-order valence-corrected chi connectivity index (χ4v) is 5.66. The number of carbonyl (C=O) groups is 1. The molecule has 1 aliphatic heterocycles. The van der Waals surface area contributed by atoms with Crippen molar-refractivity contribution in [3.05, 3.63) is 54.1 Å². The number of amides is 1. The smallest absolute Gasteiger partial charge is 0.264 e. The molecule has 2 aromatic rings. The number of aryl methyl sites for hydroxylation is 1. The van der Waals surface area contributed by atoms with E-state index in [4.69, 9.17) is 4.74 Å². The van der Waals surface area contributed by atoms with Crippen molar-refractivity contribution in [2.75, 3.05) is 10.8 Å². The van der Waals surface area contributed by atoms with Gasteiger partial charge in [-0.3, -0.25) is 9.10 Å². The molecule has 0 spiro atoms. The van der Waals surface area contributed by atoms with Gasteiger partial charge < -0.3 is 10.1 Å². The number of carbonyl (C=O) groups excluding carboxylic acids is 1. The molecule has 0 fully saturated rings. The third-order valence-corrected chi connectivity index (χ3v) is 6.86. The zero-order chi connectivity index (χ0) is 23.0. The third kappa shape index (κ3) is 5.39. The van der Waals surface area contributed by atoms with Crippen LogP contribution in [0.1, 0.15) is 46.6 Å². The number of benzene rings is 2. The summed E-state index contributed by atoms with van der Waals surface area (Å²) < 4.78 is 34.1. The lowest BCUT2D eigenvalue weighted by Gasteiger charge is -2.38. The molecule has 1 unspecified atom stereocenters. The van der Waals surface area contributed by atoms with E-state index in [0.29, 0.717) is 11.4 Å². The summed E-state index contributed by atoms with van der Waals surface area (Å²) >= 11 is 0. The van der Waals surface area contributed by atoms with Gasteiger partial charge >= 0.3 is 0 Å². The van der Waals surface area contributed by atoms with Crippen LogP contribution >= 0.6 is 0 Å². The van der Waals surface area contributed by atoms with Crippen molar-refractivity contribution >= 4 is 21.6 Å². The summed E-state index contributed by atoms with van der Waals surface area (Å²) in [5, 5.41) is 3.05. The predicted molar refractivity (Wildman–Crippen MR) is 123 cm³/mol. The Bertz CT molecular complexity index is 1050. The second-order valence-electron chi connectivity index (χ2n) is 10.0. The van der Waals surface area contributed by atoms with Crippen molar-refractivity contribution in [1.29, 1.82) is 0 Å². The van der Waals surface area contributed by atoms with Crippen molar-refractivity contribution < 1.29 is 17.9 Å². The second-order valence-corrected chi connectivity index (χ2v) is 11.9. The van der Waals surface area contributed by atoms with Gasteiger partial charge in [0.15, 0.2) is 6.10 Å². The van der Waals surface area contributed by atoms with Crippen molar-refractivity contribution in [3.63, 3.8) is 0 Å². The van der Waals surface area contributed by atoms with Gasteiger partial charge in [0.1, 0.15) is 5.75 Å². The summed E-state index contributed by atoms with van der Waals surface area (Å²) in [5.41, 5.74) is 0.967. The van der Waals surface area contributed by atoms with Crippen molar-refractivity contribution in [2.45, 2.75) is 64.5 Å². The lowest BCUT2D eigenvalue weighted by molar-refractivity contribution is -0.129. The molecule has 0 aromatic heterocycles. The summed E-state index contributed by atoms with van der Waals surface area (Å²) in [6, 6.07) is 13.6. The van der Waals surface area contributed by atoms with Gasteiger partial charge in [-0.1, -0.05) is 50.6 Å². The average molecular weight is 445 g/mol. The van der Waals surface area contributed by atoms with Gasteiger partial charge in [-0.25, -0.2) is 8.42 Å². The van der Waals surface area contributed by atoms with E-state index in [1.807, 2.05) is 20.8 Å². The van der Waals surface area contributed by atoms with Crippen molar-refractivity contribution in [3.8, 4) is 5.75 Å². The fourth-order valence-electron chi connectivity index (χ4n) is 4.19. The Kier molecular flexibility index (Phi) is 6.11.